The number of amides is 1. The molecule has 0 fully saturated rings. The predicted molar refractivity (Wildman–Crippen MR) is 100 cm³/mol. The van der Waals surface area contributed by atoms with Gasteiger partial charge in [-0.05, 0) is 50.3 Å². The van der Waals surface area contributed by atoms with Crippen LogP contribution in [0.4, 0.5) is 16.0 Å². The second-order valence-electron chi connectivity index (χ2n) is 6.16. The van der Waals surface area contributed by atoms with Crippen LogP contribution in [0.5, 0.6) is 0 Å². The maximum absolute atomic E-state index is 13.2. The van der Waals surface area contributed by atoms with Crippen LogP contribution in [0.15, 0.2) is 42.2 Å². The zero-order valence-corrected chi connectivity index (χ0v) is 15.0. The molecule has 26 heavy (non-hydrogen) atoms. The molecule has 7 heteroatoms. The average molecular weight is 375 g/mol. The number of halogens is 2. The molecule has 1 aromatic carbocycles. The van der Waals surface area contributed by atoms with Crippen molar-refractivity contribution in [3.8, 4) is 0 Å². The second-order valence-corrected chi connectivity index (χ2v) is 6.57. The number of hydrogen-bond acceptors (Lipinski definition) is 4. The van der Waals surface area contributed by atoms with Crippen LogP contribution in [0, 0.1) is 5.82 Å². The van der Waals surface area contributed by atoms with Gasteiger partial charge in [-0.25, -0.2) is 14.4 Å². The number of anilines is 2. The van der Waals surface area contributed by atoms with E-state index in [0.717, 1.165) is 19.3 Å². The first-order valence-electron chi connectivity index (χ1n) is 8.62. The predicted octanol–water partition coefficient (Wildman–Crippen LogP) is 4.63. The van der Waals surface area contributed by atoms with Crippen molar-refractivity contribution in [3.63, 3.8) is 0 Å². The molecule has 1 amide bonds. The van der Waals surface area contributed by atoms with E-state index in [-0.39, 0.29) is 10.9 Å². The number of nitrogens with zero attached hydrogens (tertiary/aromatic N) is 2. The van der Waals surface area contributed by atoms with Gasteiger partial charge in [0.1, 0.15) is 5.82 Å². The van der Waals surface area contributed by atoms with E-state index in [1.54, 1.807) is 0 Å². The van der Waals surface area contributed by atoms with Gasteiger partial charge in [-0.2, -0.15) is 0 Å². The summed E-state index contributed by atoms with van der Waals surface area (Å²) in [5.74, 6) is -0.386. The Morgan fingerprint density at radius 1 is 1.23 bits per heavy atom. The molecule has 1 heterocycles. The van der Waals surface area contributed by atoms with Gasteiger partial charge in [0, 0.05) is 24.6 Å². The van der Waals surface area contributed by atoms with Gasteiger partial charge in [0.25, 0.3) is 5.91 Å². The van der Waals surface area contributed by atoms with Gasteiger partial charge >= 0.3 is 0 Å². The first-order valence-corrected chi connectivity index (χ1v) is 9.00. The molecular weight excluding hydrogens is 355 g/mol. The van der Waals surface area contributed by atoms with E-state index in [4.69, 9.17) is 11.6 Å². The van der Waals surface area contributed by atoms with Crippen LogP contribution >= 0.6 is 11.6 Å². The molecule has 0 bridgehead atoms. The number of hydrogen-bond donors (Lipinski definition) is 2. The molecule has 0 atom stereocenters. The summed E-state index contributed by atoms with van der Waals surface area (Å²) in [5.41, 5.74) is 2.38. The third kappa shape index (κ3) is 5.02. The number of carbonyl (C=O) groups excluding carboxylic acids is 1. The number of allylic oxidation sites excluding steroid dienone is 1. The Labute approximate surface area is 156 Å². The maximum atomic E-state index is 13.2. The quantitative estimate of drug-likeness (QED) is 0.723. The number of benzene rings is 1. The molecule has 0 radical (unpaired) electrons. The standard InChI is InChI=1S/C19H20ClFN4O/c20-16-10-15(6-7-17(16)21)25-19-23-11-14(12-24-19)18(26)22-9-8-13-4-2-1-3-5-13/h4,6-7,10-12H,1-3,5,8-9H2,(H,22,26)(H,23,24,25). The fraction of sp³-hybridized carbons (Fsp3) is 0.316. The lowest BCUT2D eigenvalue weighted by molar-refractivity contribution is 0.0953. The first kappa shape index (κ1) is 18.3. The van der Waals surface area contributed by atoms with Crippen molar-refractivity contribution in [3.05, 3.63) is 58.6 Å². The molecule has 1 aliphatic rings. The van der Waals surface area contributed by atoms with Crippen molar-refractivity contribution in [2.45, 2.75) is 32.1 Å². The summed E-state index contributed by atoms with van der Waals surface area (Å²) < 4.78 is 13.2. The van der Waals surface area contributed by atoms with Crippen LogP contribution in [0.2, 0.25) is 5.02 Å². The molecule has 0 saturated carbocycles. The van der Waals surface area contributed by atoms with Crippen LogP contribution in [0.3, 0.4) is 0 Å². The maximum Gasteiger partial charge on any atom is 0.254 e. The summed E-state index contributed by atoms with van der Waals surface area (Å²) in [6, 6.07) is 4.24. The Morgan fingerprint density at radius 3 is 2.73 bits per heavy atom. The van der Waals surface area contributed by atoms with E-state index in [0.29, 0.717) is 23.7 Å². The van der Waals surface area contributed by atoms with Crippen molar-refractivity contribution >= 4 is 29.1 Å². The lowest BCUT2D eigenvalue weighted by atomic mass is 9.97. The molecule has 3 rings (SSSR count). The Bertz CT molecular complexity index is 808. The second kappa shape index (κ2) is 8.76. The van der Waals surface area contributed by atoms with E-state index >= 15 is 0 Å². The van der Waals surface area contributed by atoms with E-state index in [1.165, 1.54) is 49.0 Å². The summed E-state index contributed by atoms with van der Waals surface area (Å²) in [5, 5.41) is 5.81. The topological polar surface area (TPSA) is 66.9 Å². The Kier molecular flexibility index (Phi) is 6.17. The summed E-state index contributed by atoms with van der Waals surface area (Å²) in [6.45, 7) is 0.610. The van der Waals surface area contributed by atoms with Crippen molar-refractivity contribution in [1.82, 2.24) is 15.3 Å². The number of aromatic nitrogens is 2. The fourth-order valence-corrected chi connectivity index (χ4v) is 2.96. The molecule has 1 aromatic heterocycles. The highest BCUT2D eigenvalue weighted by Crippen LogP contribution is 2.21. The van der Waals surface area contributed by atoms with Crippen LogP contribution in [0.1, 0.15) is 42.5 Å². The van der Waals surface area contributed by atoms with Gasteiger partial charge in [0.2, 0.25) is 5.95 Å². The highest BCUT2D eigenvalue weighted by Gasteiger charge is 2.09. The minimum absolute atomic E-state index is 0.0130. The molecule has 2 aromatic rings. The van der Waals surface area contributed by atoms with Crippen molar-refractivity contribution in [2.75, 3.05) is 11.9 Å². The highest BCUT2D eigenvalue weighted by atomic mass is 35.5. The van der Waals surface area contributed by atoms with Gasteiger partial charge in [-0.3, -0.25) is 4.79 Å². The van der Waals surface area contributed by atoms with Crippen LogP contribution in [0.25, 0.3) is 0 Å². The van der Waals surface area contributed by atoms with E-state index in [9.17, 15) is 9.18 Å². The molecule has 0 aliphatic heterocycles. The Hall–Kier alpha value is -2.47. The number of rotatable bonds is 6. The third-order valence-electron chi connectivity index (χ3n) is 4.21. The van der Waals surface area contributed by atoms with Gasteiger partial charge in [0.15, 0.2) is 0 Å². The molecule has 136 valence electrons. The average Bonchev–Trinajstić information content (AvgIpc) is 2.66. The summed E-state index contributed by atoms with van der Waals surface area (Å²) >= 11 is 5.74. The monoisotopic (exact) mass is 374 g/mol. The first-order chi connectivity index (χ1) is 12.6. The lowest BCUT2D eigenvalue weighted by Crippen LogP contribution is -2.25. The van der Waals surface area contributed by atoms with Crippen LogP contribution < -0.4 is 10.6 Å². The zero-order valence-electron chi connectivity index (χ0n) is 14.3. The summed E-state index contributed by atoms with van der Waals surface area (Å²) in [6.07, 6.45) is 10.8. The van der Waals surface area contributed by atoms with Crippen molar-refractivity contribution in [2.24, 2.45) is 0 Å². The molecule has 2 N–H and O–H groups in total. The Morgan fingerprint density at radius 2 is 2.04 bits per heavy atom. The molecule has 1 aliphatic carbocycles. The zero-order chi connectivity index (χ0) is 18.4. The van der Waals surface area contributed by atoms with Gasteiger partial charge < -0.3 is 10.6 Å². The van der Waals surface area contributed by atoms with E-state index in [1.807, 2.05) is 0 Å². The molecule has 0 unspecified atom stereocenters. The highest BCUT2D eigenvalue weighted by molar-refractivity contribution is 6.31. The third-order valence-corrected chi connectivity index (χ3v) is 4.50. The molecule has 5 nitrogen and oxygen atoms in total. The minimum atomic E-state index is -0.492. The number of carbonyl (C=O) groups is 1. The van der Waals surface area contributed by atoms with E-state index < -0.39 is 5.82 Å². The minimum Gasteiger partial charge on any atom is -0.352 e. The lowest BCUT2D eigenvalue weighted by Gasteiger charge is -2.13. The SMILES string of the molecule is O=C(NCCC1=CCCCC1)c1cnc(Nc2ccc(F)c(Cl)c2)nc1. The van der Waals surface area contributed by atoms with Crippen LogP contribution in [-0.2, 0) is 0 Å². The van der Waals surface area contributed by atoms with Gasteiger partial charge in [-0.15, -0.1) is 0 Å². The van der Waals surface area contributed by atoms with Crippen LogP contribution in [-0.4, -0.2) is 22.4 Å². The van der Waals surface area contributed by atoms with Crippen molar-refractivity contribution < 1.29 is 9.18 Å². The normalized spacial score (nSPS) is 13.8. The smallest absolute Gasteiger partial charge is 0.254 e. The molecular formula is C19H20ClFN4O. The largest absolute Gasteiger partial charge is 0.352 e. The summed E-state index contributed by atoms with van der Waals surface area (Å²) in [4.78, 5) is 20.4. The van der Waals surface area contributed by atoms with E-state index in [2.05, 4.69) is 26.7 Å². The Balaban J connectivity index is 1.52. The fourth-order valence-electron chi connectivity index (χ4n) is 2.78. The van der Waals surface area contributed by atoms with Crippen molar-refractivity contribution in [1.29, 1.82) is 0 Å². The summed E-state index contributed by atoms with van der Waals surface area (Å²) in [7, 11) is 0. The molecule has 0 spiro atoms. The number of nitrogens with one attached hydrogen (secondary N) is 2. The van der Waals surface area contributed by atoms with Gasteiger partial charge in [0.05, 0.1) is 10.6 Å². The van der Waals surface area contributed by atoms with Gasteiger partial charge in [-0.1, -0.05) is 23.3 Å². The molecule has 0 saturated heterocycles.